The average Bonchev–Trinajstić information content (AvgIpc) is 2.28. The number of anilines is 1. The molecule has 0 bridgehead atoms. The van der Waals surface area contributed by atoms with Crippen LogP contribution in [-0.4, -0.2) is 45.9 Å². The van der Waals surface area contributed by atoms with Gasteiger partial charge >= 0.3 is 0 Å². The SMILES string of the molecule is CS(=O)(=O)Nc1cccc(CN2CCOCC2)c1. The zero-order valence-corrected chi connectivity index (χ0v) is 11.2. The number of benzene rings is 1. The third-order valence-corrected chi connectivity index (χ3v) is 3.35. The van der Waals surface area contributed by atoms with E-state index >= 15 is 0 Å². The van der Waals surface area contributed by atoms with Crippen molar-refractivity contribution >= 4 is 15.7 Å². The molecule has 0 spiro atoms. The highest BCUT2D eigenvalue weighted by Crippen LogP contribution is 2.14. The fourth-order valence-electron chi connectivity index (χ4n) is 1.96. The van der Waals surface area contributed by atoms with E-state index in [4.69, 9.17) is 4.74 Å². The zero-order valence-electron chi connectivity index (χ0n) is 10.4. The molecule has 0 amide bonds. The van der Waals surface area contributed by atoms with Crippen LogP contribution in [0.4, 0.5) is 5.69 Å². The van der Waals surface area contributed by atoms with E-state index in [-0.39, 0.29) is 0 Å². The van der Waals surface area contributed by atoms with E-state index in [1.807, 2.05) is 18.2 Å². The second-order valence-electron chi connectivity index (χ2n) is 4.46. The van der Waals surface area contributed by atoms with Crippen LogP contribution in [0.1, 0.15) is 5.56 Å². The molecule has 0 saturated carbocycles. The largest absolute Gasteiger partial charge is 0.379 e. The van der Waals surface area contributed by atoms with E-state index in [0.717, 1.165) is 44.7 Å². The minimum atomic E-state index is -3.21. The van der Waals surface area contributed by atoms with Gasteiger partial charge in [0.2, 0.25) is 10.0 Å². The second-order valence-corrected chi connectivity index (χ2v) is 6.21. The number of hydrogen-bond donors (Lipinski definition) is 1. The lowest BCUT2D eigenvalue weighted by Gasteiger charge is -2.26. The Labute approximate surface area is 108 Å². The van der Waals surface area contributed by atoms with Gasteiger partial charge < -0.3 is 4.74 Å². The van der Waals surface area contributed by atoms with Gasteiger partial charge in [0.1, 0.15) is 0 Å². The summed E-state index contributed by atoms with van der Waals surface area (Å²) < 4.78 is 30.1. The smallest absolute Gasteiger partial charge is 0.229 e. The molecule has 0 atom stereocenters. The summed E-state index contributed by atoms with van der Waals surface area (Å²) in [7, 11) is -3.21. The predicted molar refractivity (Wildman–Crippen MR) is 71.0 cm³/mol. The lowest BCUT2D eigenvalue weighted by atomic mass is 10.2. The van der Waals surface area contributed by atoms with E-state index in [1.165, 1.54) is 0 Å². The molecular formula is C12H18N2O3S. The van der Waals surface area contributed by atoms with Gasteiger partial charge in [-0.3, -0.25) is 9.62 Å². The topological polar surface area (TPSA) is 58.6 Å². The molecule has 5 nitrogen and oxygen atoms in total. The van der Waals surface area contributed by atoms with Crippen LogP contribution in [-0.2, 0) is 21.3 Å². The molecule has 0 aromatic heterocycles. The lowest BCUT2D eigenvalue weighted by molar-refractivity contribution is 0.0342. The van der Waals surface area contributed by atoms with Crippen LogP contribution in [0.15, 0.2) is 24.3 Å². The summed E-state index contributed by atoms with van der Waals surface area (Å²) in [4.78, 5) is 2.29. The number of nitrogens with one attached hydrogen (secondary N) is 1. The van der Waals surface area contributed by atoms with Gasteiger partial charge in [0.15, 0.2) is 0 Å². The summed E-state index contributed by atoms with van der Waals surface area (Å²) in [6.07, 6.45) is 1.15. The van der Waals surface area contributed by atoms with Crippen molar-refractivity contribution in [3.63, 3.8) is 0 Å². The number of ether oxygens (including phenoxy) is 1. The molecule has 1 aromatic rings. The molecule has 1 aliphatic rings. The van der Waals surface area contributed by atoms with Gasteiger partial charge in [-0.05, 0) is 17.7 Å². The van der Waals surface area contributed by atoms with Crippen LogP contribution in [0.3, 0.4) is 0 Å². The van der Waals surface area contributed by atoms with Crippen molar-refractivity contribution in [2.75, 3.05) is 37.3 Å². The Morgan fingerprint density at radius 1 is 1.33 bits per heavy atom. The molecule has 1 aliphatic heterocycles. The molecule has 1 heterocycles. The molecule has 18 heavy (non-hydrogen) atoms. The van der Waals surface area contributed by atoms with Crippen LogP contribution in [0.2, 0.25) is 0 Å². The zero-order chi connectivity index (χ0) is 13.0. The molecule has 0 radical (unpaired) electrons. The monoisotopic (exact) mass is 270 g/mol. The van der Waals surface area contributed by atoms with Crippen molar-refractivity contribution in [1.82, 2.24) is 4.90 Å². The Hall–Kier alpha value is -1.11. The first-order valence-electron chi connectivity index (χ1n) is 5.90. The highest BCUT2D eigenvalue weighted by Gasteiger charge is 2.11. The van der Waals surface area contributed by atoms with Crippen molar-refractivity contribution < 1.29 is 13.2 Å². The summed E-state index contributed by atoms with van der Waals surface area (Å²) in [5.74, 6) is 0. The summed E-state index contributed by atoms with van der Waals surface area (Å²) >= 11 is 0. The van der Waals surface area contributed by atoms with Gasteiger partial charge in [0, 0.05) is 25.3 Å². The quantitative estimate of drug-likeness (QED) is 0.883. The third-order valence-electron chi connectivity index (χ3n) is 2.74. The van der Waals surface area contributed by atoms with Crippen molar-refractivity contribution in [3.05, 3.63) is 29.8 Å². The number of morpholine rings is 1. The fraction of sp³-hybridized carbons (Fsp3) is 0.500. The maximum atomic E-state index is 11.2. The molecule has 100 valence electrons. The van der Waals surface area contributed by atoms with E-state index in [9.17, 15) is 8.42 Å². The van der Waals surface area contributed by atoms with Crippen LogP contribution >= 0.6 is 0 Å². The fourth-order valence-corrected chi connectivity index (χ4v) is 2.52. The Balaban J connectivity index is 2.02. The molecule has 1 aromatic carbocycles. The van der Waals surface area contributed by atoms with Gasteiger partial charge in [0.25, 0.3) is 0 Å². The van der Waals surface area contributed by atoms with E-state index in [1.54, 1.807) is 6.07 Å². The molecule has 1 saturated heterocycles. The molecule has 2 rings (SSSR count). The molecule has 1 N–H and O–H groups in total. The lowest BCUT2D eigenvalue weighted by Crippen LogP contribution is -2.35. The standard InChI is InChI=1S/C12H18N2O3S/c1-18(15,16)13-12-4-2-3-11(9-12)10-14-5-7-17-8-6-14/h2-4,9,13H,5-8,10H2,1H3. The van der Waals surface area contributed by atoms with Crippen molar-refractivity contribution in [2.24, 2.45) is 0 Å². The Morgan fingerprint density at radius 3 is 2.72 bits per heavy atom. The maximum absolute atomic E-state index is 11.2. The molecule has 1 fully saturated rings. The van der Waals surface area contributed by atoms with Crippen LogP contribution in [0, 0.1) is 0 Å². The third kappa shape index (κ3) is 4.29. The Morgan fingerprint density at radius 2 is 2.06 bits per heavy atom. The number of hydrogen-bond acceptors (Lipinski definition) is 4. The van der Waals surface area contributed by atoms with E-state index in [2.05, 4.69) is 9.62 Å². The summed E-state index contributed by atoms with van der Waals surface area (Å²) in [5.41, 5.74) is 1.72. The van der Waals surface area contributed by atoms with Gasteiger partial charge in [-0.15, -0.1) is 0 Å². The maximum Gasteiger partial charge on any atom is 0.229 e. The van der Waals surface area contributed by atoms with Gasteiger partial charge in [-0.25, -0.2) is 8.42 Å². The average molecular weight is 270 g/mol. The predicted octanol–water partition coefficient (Wildman–Crippen LogP) is 0.890. The van der Waals surface area contributed by atoms with Gasteiger partial charge in [-0.1, -0.05) is 12.1 Å². The van der Waals surface area contributed by atoms with Crippen molar-refractivity contribution in [2.45, 2.75) is 6.54 Å². The number of rotatable bonds is 4. The first-order valence-corrected chi connectivity index (χ1v) is 7.79. The van der Waals surface area contributed by atoms with E-state index in [0.29, 0.717) is 5.69 Å². The van der Waals surface area contributed by atoms with Crippen LogP contribution in [0.25, 0.3) is 0 Å². The normalized spacial score (nSPS) is 17.6. The molecule has 0 aliphatic carbocycles. The minimum Gasteiger partial charge on any atom is -0.379 e. The minimum absolute atomic E-state index is 0.614. The van der Waals surface area contributed by atoms with E-state index < -0.39 is 10.0 Å². The molecule has 6 heteroatoms. The summed E-state index contributed by atoms with van der Waals surface area (Å²) in [6.45, 7) is 4.19. The van der Waals surface area contributed by atoms with Gasteiger partial charge in [-0.2, -0.15) is 0 Å². The Kier molecular flexibility index (Phi) is 4.21. The number of sulfonamides is 1. The molecule has 0 unspecified atom stereocenters. The van der Waals surface area contributed by atoms with Crippen LogP contribution in [0.5, 0.6) is 0 Å². The van der Waals surface area contributed by atoms with Gasteiger partial charge in [0.05, 0.1) is 19.5 Å². The van der Waals surface area contributed by atoms with Crippen LogP contribution < -0.4 is 4.72 Å². The van der Waals surface area contributed by atoms with Crippen molar-refractivity contribution in [1.29, 1.82) is 0 Å². The number of nitrogens with zero attached hydrogens (tertiary/aromatic N) is 1. The first kappa shape index (κ1) is 13.3. The highest BCUT2D eigenvalue weighted by molar-refractivity contribution is 7.92. The summed E-state index contributed by atoms with van der Waals surface area (Å²) in [6, 6.07) is 7.49. The van der Waals surface area contributed by atoms with Crippen molar-refractivity contribution in [3.8, 4) is 0 Å². The second kappa shape index (κ2) is 5.69. The molecular weight excluding hydrogens is 252 g/mol. The first-order chi connectivity index (χ1) is 8.53. The highest BCUT2D eigenvalue weighted by atomic mass is 32.2. The summed E-state index contributed by atoms with van der Waals surface area (Å²) in [5, 5.41) is 0. The Bertz CT molecular complexity index is 496.